The number of para-hydroxylation sites is 1. The van der Waals surface area contributed by atoms with Crippen LogP contribution in [0.15, 0.2) is 53.0 Å². The van der Waals surface area contributed by atoms with Gasteiger partial charge >= 0.3 is 0 Å². The van der Waals surface area contributed by atoms with Crippen LogP contribution >= 0.6 is 15.9 Å². The number of hydrogen-bond acceptors (Lipinski definition) is 3. The number of aryl methyl sites for hydroxylation is 1. The van der Waals surface area contributed by atoms with Crippen LogP contribution in [0.2, 0.25) is 0 Å². The molecular formula is C23H31BrN2O. The zero-order valence-corrected chi connectivity index (χ0v) is 18.0. The van der Waals surface area contributed by atoms with E-state index in [0.717, 1.165) is 49.1 Å². The van der Waals surface area contributed by atoms with Crippen LogP contribution in [-0.2, 0) is 0 Å². The van der Waals surface area contributed by atoms with Crippen molar-refractivity contribution in [3.8, 4) is 5.75 Å². The number of benzene rings is 2. The number of nitrogens with zero attached hydrogens (tertiary/aromatic N) is 1. The smallest absolute Gasteiger partial charge is 0.127 e. The van der Waals surface area contributed by atoms with E-state index < -0.39 is 0 Å². The quantitative estimate of drug-likeness (QED) is 0.644. The molecule has 2 aromatic rings. The molecule has 0 aromatic heterocycles. The zero-order chi connectivity index (χ0) is 19.2. The number of nitrogens with two attached hydrogens (primary N) is 1. The first-order valence-electron chi connectivity index (χ1n) is 10.0. The van der Waals surface area contributed by atoms with Crippen LogP contribution in [-0.4, -0.2) is 30.6 Å². The molecule has 0 saturated carbocycles. The summed E-state index contributed by atoms with van der Waals surface area (Å²) in [7, 11) is 0. The summed E-state index contributed by atoms with van der Waals surface area (Å²) in [5.41, 5.74) is 8.20. The lowest BCUT2D eigenvalue weighted by molar-refractivity contribution is 0.0608. The molecule has 0 bridgehead atoms. The van der Waals surface area contributed by atoms with E-state index in [2.05, 4.69) is 83.2 Å². The number of likely N-dealkylation sites (tertiary alicyclic amines) is 1. The van der Waals surface area contributed by atoms with Crippen molar-refractivity contribution >= 4 is 15.9 Å². The molecule has 0 spiro atoms. The lowest BCUT2D eigenvalue weighted by Crippen LogP contribution is -2.42. The highest BCUT2D eigenvalue weighted by molar-refractivity contribution is 9.10. The first kappa shape index (κ1) is 20.4. The summed E-state index contributed by atoms with van der Waals surface area (Å²) < 4.78 is 7.70. The van der Waals surface area contributed by atoms with Gasteiger partial charge in [0.1, 0.15) is 11.9 Å². The van der Waals surface area contributed by atoms with Crippen LogP contribution < -0.4 is 10.5 Å². The number of hydrogen-bond donors (Lipinski definition) is 1. The molecule has 2 aromatic carbocycles. The minimum absolute atomic E-state index is 0.0890. The Morgan fingerprint density at radius 2 is 1.78 bits per heavy atom. The number of rotatable bonds is 7. The van der Waals surface area contributed by atoms with Gasteiger partial charge in [0, 0.05) is 16.4 Å². The number of piperidine rings is 1. The fourth-order valence-corrected chi connectivity index (χ4v) is 4.27. The first-order valence-corrected chi connectivity index (χ1v) is 10.8. The predicted octanol–water partition coefficient (Wildman–Crippen LogP) is 5.33. The van der Waals surface area contributed by atoms with Crippen molar-refractivity contribution in [2.75, 3.05) is 19.6 Å². The summed E-state index contributed by atoms with van der Waals surface area (Å²) in [5, 5.41) is 0. The molecule has 4 heteroatoms. The molecule has 1 aliphatic heterocycles. The van der Waals surface area contributed by atoms with Crippen LogP contribution in [0.25, 0.3) is 0 Å². The van der Waals surface area contributed by atoms with Gasteiger partial charge in [-0.15, -0.1) is 0 Å². The van der Waals surface area contributed by atoms with Crippen molar-refractivity contribution < 1.29 is 4.74 Å². The SMILES string of the molecule is Cc1ccccc1OC(c1ccc(Br)cc1)C1CCN(C(C)CCN)CC1. The van der Waals surface area contributed by atoms with E-state index in [9.17, 15) is 0 Å². The van der Waals surface area contributed by atoms with Gasteiger partial charge in [0.2, 0.25) is 0 Å². The van der Waals surface area contributed by atoms with E-state index in [1.165, 1.54) is 11.1 Å². The molecular weight excluding hydrogens is 400 g/mol. The topological polar surface area (TPSA) is 38.5 Å². The Kier molecular flexibility index (Phi) is 7.33. The third-order valence-corrected chi connectivity index (χ3v) is 6.28. The molecule has 2 atom stereocenters. The maximum absolute atomic E-state index is 6.60. The maximum atomic E-state index is 6.60. The van der Waals surface area contributed by atoms with Gasteiger partial charge in [0.15, 0.2) is 0 Å². The Bertz CT molecular complexity index is 711. The Labute approximate surface area is 172 Å². The van der Waals surface area contributed by atoms with Crippen molar-refractivity contribution in [3.05, 3.63) is 64.1 Å². The molecule has 1 heterocycles. The standard InChI is InChI=1S/C23H31BrN2O/c1-17-5-3-4-6-22(17)27-23(19-7-9-21(24)10-8-19)20-12-15-26(16-13-20)18(2)11-14-25/h3-10,18,20,23H,11-16,25H2,1-2H3. The van der Waals surface area contributed by atoms with Gasteiger partial charge in [-0.25, -0.2) is 0 Å². The van der Waals surface area contributed by atoms with Crippen LogP contribution in [0.1, 0.15) is 43.4 Å². The summed E-state index contributed by atoms with van der Waals surface area (Å²) in [6.45, 7) is 7.42. The largest absolute Gasteiger partial charge is 0.485 e. The van der Waals surface area contributed by atoms with Gasteiger partial charge in [-0.05, 0) is 82.1 Å². The fraction of sp³-hybridized carbons (Fsp3) is 0.478. The monoisotopic (exact) mass is 430 g/mol. The molecule has 0 aliphatic carbocycles. The lowest BCUT2D eigenvalue weighted by Gasteiger charge is -2.39. The number of ether oxygens (including phenoxy) is 1. The third kappa shape index (κ3) is 5.34. The van der Waals surface area contributed by atoms with Crippen LogP contribution in [0.5, 0.6) is 5.75 Å². The normalized spacial score (nSPS) is 18.2. The predicted molar refractivity (Wildman–Crippen MR) is 116 cm³/mol. The summed E-state index contributed by atoms with van der Waals surface area (Å²) in [5.74, 6) is 1.51. The Morgan fingerprint density at radius 1 is 1.11 bits per heavy atom. The fourth-order valence-electron chi connectivity index (χ4n) is 4.00. The van der Waals surface area contributed by atoms with E-state index in [-0.39, 0.29) is 6.10 Å². The van der Waals surface area contributed by atoms with E-state index in [4.69, 9.17) is 10.5 Å². The van der Waals surface area contributed by atoms with Crippen LogP contribution in [0.4, 0.5) is 0 Å². The van der Waals surface area contributed by atoms with Crippen molar-refractivity contribution in [1.82, 2.24) is 4.90 Å². The molecule has 27 heavy (non-hydrogen) atoms. The van der Waals surface area contributed by atoms with E-state index in [1.54, 1.807) is 0 Å². The minimum Gasteiger partial charge on any atom is -0.485 e. The maximum Gasteiger partial charge on any atom is 0.127 e. The molecule has 3 nitrogen and oxygen atoms in total. The Hall–Kier alpha value is -1.36. The number of halogens is 1. The summed E-state index contributed by atoms with van der Waals surface area (Å²) >= 11 is 3.55. The van der Waals surface area contributed by atoms with Gasteiger partial charge in [-0.2, -0.15) is 0 Å². The lowest BCUT2D eigenvalue weighted by atomic mass is 9.86. The van der Waals surface area contributed by atoms with Crippen LogP contribution in [0, 0.1) is 12.8 Å². The summed E-state index contributed by atoms with van der Waals surface area (Å²) in [6.07, 6.45) is 3.47. The van der Waals surface area contributed by atoms with E-state index >= 15 is 0 Å². The van der Waals surface area contributed by atoms with Gasteiger partial charge in [-0.3, -0.25) is 0 Å². The second kappa shape index (κ2) is 9.72. The average molecular weight is 431 g/mol. The van der Waals surface area contributed by atoms with E-state index in [0.29, 0.717) is 12.0 Å². The second-order valence-corrected chi connectivity index (χ2v) is 8.57. The molecule has 1 saturated heterocycles. The van der Waals surface area contributed by atoms with Crippen molar-refractivity contribution in [2.45, 2.75) is 45.3 Å². The summed E-state index contributed by atoms with van der Waals surface area (Å²) in [6, 6.07) is 17.5. The molecule has 3 rings (SSSR count). The highest BCUT2D eigenvalue weighted by Crippen LogP contribution is 2.36. The molecule has 1 fully saturated rings. The first-order chi connectivity index (χ1) is 13.1. The van der Waals surface area contributed by atoms with Gasteiger partial charge < -0.3 is 15.4 Å². The van der Waals surface area contributed by atoms with Gasteiger partial charge in [-0.1, -0.05) is 46.3 Å². The van der Waals surface area contributed by atoms with Crippen molar-refractivity contribution in [3.63, 3.8) is 0 Å². The Morgan fingerprint density at radius 3 is 2.41 bits per heavy atom. The highest BCUT2D eigenvalue weighted by atomic mass is 79.9. The highest BCUT2D eigenvalue weighted by Gasteiger charge is 2.30. The molecule has 0 radical (unpaired) electrons. The molecule has 2 unspecified atom stereocenters. The van der Waals surface area contributed by atoms with Gasteiger partial charge in [0.05, 0.1) is 0 Å². The average Bonchev–Trinajstić information content (AvgIpc) is 2.69. The van der Waals surface area contributed by atoms with Crippen LogP contribution in [0.3, 0.4) is 0 Å². The molecule has 2 N–H and O–H groups in total. The Balaban J connectivity index is 1.76. The zero-order valence-electron chi connectivity index (χ0n) is 16.4. The third-order valence-electron chi connectivity index (χ3n) is 5.76. The molecule has 146 valence electrons. The molecule has 1 aliphatic rings. The summed E-state index contributed by atoms with van der Waals surface area (Å²) in [4.78, 5) is 2.58. The van der Waals surface area contributed by atoms with Crippen molar-refractivity contribution in [2.24, 2.45) is 11.7 Å². The van der Waals surface area contributed by atoms with Gasteiger partial charge in [0.25, 0.3) is 0 Å². The van der Waals surface area contributed by atoms with Crippen molar-refractivity contribution in [1.29, 1.82) is 0 Å². The minimum atomic E-state index is 0.0890. The molecule has 0 amide bonds. The second-order valence-electron chi connectivity index (χ2n) is 7.66. The van der Waals surface area contributed by atoms with E-state index in [1.807, 2.05) is 0 Å².